The minimum atomic E-state index is 0.291. The number of aromatic hydroxyl groups is 1. The van der Waals surface area contributed by atoms with Crippen LogP contribution in [0.15, 0.2) is 29.3 Å². The van der Waals surface area contributed by atoms with Gasteiger partial charge in [-0.3, -0.25) is 4.99 Å². The lowest BCUT2D eigenvalue weighted by atomic mass is 10.1. The molecule has 0 amide bonds. The van der Waals surface area contributed by atoms with E-state index in [1.54, 1.807) is 12.1 Å². The average molecular weight is 235 g/mol. The summed E-state index contributed by atoms with van der Waals surface area (Å²) in [5, 5.41) is 12.2. The van der Waals surface area contributed by atoms with E-state index >= 15 is 0 Å². The van der Waals surface area contributed by atoms with Gasteiger partial charge in [-0.1, -0.05) is 26.0 Å². The number of rotatable bonds is 5. The second kappa shape index (κ2) is 6.78. The van der Waals surface area contributed by atoms with Gasteiger partial charge in [-0.2, -0.15) is 0 Å². The molecule has 0 unspecified atom stereocenters. The highest BCUT2D eigenvalue weighted by Gasteiger charge is 1.96. The molecule has 0 radical (unpaired) electrons. The van der Waals surface area contributed by atoms with Crippen molar-refractivity contribution in [3.63, 3.8) is 0 Å². The van der Waals surface area contributed by atoms with E-state index in [2.05, 4.69) is 24.2 Å². The summed E-state index contributed by atoms with van der Waals surface area (Å²) in [5.41, 5.74) is 6.87. The van der Waals surface area contributed by atoms with Gasteiger partial charge in [0.25, 0.3) is 0 Å². The topological polar surface area (TPSA) is 70.6 Å². The average Bonchev–Trinajstić information content (AvgIpc) is 2.29. The zero-order valence-corrected chi connectivity index (χ0v) is 10.5. The number of nitrogens with two attached hydrogens (primary N) is 1. The van der Waals surface area contributed by atoms with Crippen LogP contribution in [0.2, 0.25) is 0 Å². The van der Waals surface area contributed by atoms with Crippen LogP contribution in [0.3, 0.4) is 0 Å². The van der Waals surface area contributed by atoms with Crippen molar-refractivity contribution in [2.24, 2.45) is 16.6 Å². The standard InChI is InChI=1S/C13H21N3O/c1-10(2)9-16-13(14)15-8-7-11-3-5-12(17)6-4-11/h3-6,10,17H,7-9H2,1-2H3,(H3,14,15,16). The second-order valence-electron chi connectivity index (χ2n) is 4.46. The maximum Gasteiger partial charge on any atom is 0.188 e. The molecule has 0 aliphatic heterocycles. The van der Waals surface area contributed by atoms with Gasteiger partial charge in [0.1, 0.15) is 5.75 Å². The number of aliphatic imine (C=N–C) groups is 1. The van der Waals surface area contributed by atoms with E-state index in [1.165, 1.54) is 0 Å². The summed E-state index contributed by atoms with van der Waals surface area (Å²) in [4.78, 5) is 4.21. The van der Waals surface area contributed by atoms with Crippen molar-refractivity contribution in [2.45, 2.75) is 20.3 Å². The lowest BCUT2D eigenvalue weighted by Crippen LogP contribution is -2.33. The van der Waals surface area contributed by atoms with Crippen molar-refractivity contribution >= 4 is 5.96 Å². The number of hydrogen-bond acceptors (Lipinski definition) is 2. The zero-order valence-electron chi connectivity index (χ0n) is 10.5. The molecule has 0 fully saturated rings. The van der Waals surface area contributed by atoms with Crippen molar-refractivity contribution in [1.29, 1.82) is 0 Å². The fourth-order valence-corrected chi connectivity index (χ4v) is 1.33. The molecule has 0 saturated heterocycles. The van der Waals surface area contributed by atoms with Crippen molar-refractivity contribution < 1.29 is 5.11 Å². The Hall–Kier alpha value is -1.71. The zero-order chi connectivity index (χ0) is 12.7. The van der Waals surface area contributed by atoms with Crippen LogP contribution in [0.5, 0.6) is 5.75 Å². The maximum absolute atomic E-state index is 9.14. The van der Waals surface area contributed by atoms with Crippen LogP contribution in [0.1, 0.15) is 19.4 Å². The molecular formula is C13H21N3O. The Bertz CT molecular complexity index is 357. The molecule has 4 N–H and O–H groups in total. The molecule has 1 aromatic carbocycles. The Kier molecular flexibility index (Phi) is 5.33. The minimum absolute atomic E-state index is 0.291. The molecule has 0 aliphatic rings. The van der Waals surface area contributed by atoms with E-state index < -0.39 is 0 Å². The highest BCUT2D eigenvalue weighted by molar-refractivity contribution is 5.77. The van der Waals surface area contributed by atoms with E-state index in [0.717, 1.165) is 25.1 Å². The third-order valence-electron chi connectivity index (χ3n) is 2.28. The summed E-state index contributed by atoms with van der Waals surface area (Å²) in [6.07, 6.45) is 0.859. The molecule has 0 bridgehead atoms. The summed E-state index contributed by atoms with van der Waals surface area (Å²) >= 11 is 0. The van der Waals surface area contributed by atoms with E-state index in [0.29, 0.717) is 17.6 Å². The van der Waals surface area contributed by atoms with Gasteiger partial charge >= 0.3 is 0 Å². The van der Waals surface area contributed by atoms with Crippen LogP contribution in [0.4, 0.5) is 0 Å². The van der Waals surface area contributed by atoms with Gasteiger partial charge in [0.15, 0.2) is 5.96 Å². The van der Waals surface area contributed by atoms with Crippen molar-refractivity contribution in [2.75, 3.05) is 13.1 Å². The molecule has 0 aliphatic carbocycles. The van der Waals surface area contributed by atoms with Crippen LogP contribution in [0.25, 0.3) is 0 Å². The maximum atomic E-state index is 9.14. The van der Waals surface area contributed by atoms with Crippen molar-refractivity contribution in [3.05, 3.63) is 29.8 Å². The van der Waals surface area contributed by atoms with Crippen molar-refractivity contribution in [1.82, 2.24) is 5.32 Å². The number of benzene rings is 1. The summed E-state index contributed by atoms with van der Waals surface area (Å²) in [6.45, 7) is 5.71. The Labute approximate surface area is 103 Å². The van der Waals surface area contributed by atoms with Gasteiger partial charge < -0.3 is 16.2 Å². The molecule has 1 aromatic rings. The second-order valence-corrected chi connectivity index (χ2v) is 4.46. The lowest BCUT2D eigenvalue weighted by molar-refractivity contribution is 0.475. The van der Waals surface area contributed by atoms with Crippen LogP contribution in [-0.4, -0.2) is 24.2 Å². The highest BCUT2D eigenvalue weighted by atomic mass is 16.3. The van der Waals surface area contributed by atoms with Gasteiger partial charge in [0.05, 0.1) is 0 Å². The summed E-state index contributed by atoms with van der Waals surface area (Å²) in [5.74, 6) is 1.31. The predicted molar refractivity (Wildman–Crippen MR) is 71.1 cm³/mol. The van der Waals surface area contributed by atoms with E-state index in [-0.39, 0.29) is 0 Å². The molecule has 4 heteroatoms. The number of phenolic OH excluding ortho intramolecular Hbond substituents is 1. The quantitative estimate of drug-likeness (QED) is 0.535. The first-order valence-corrected chi connectivity index (χ1v) is 5.89. The van der Waals surface area contributed by atoms with Gasteiger partial charge in [-0.25, -0.2) is 0 Å². The SMILES string of the molecule is CC(C)CN=C(N)NCCc1ccc(O)cc1. The number of phenols is 1. The molecule has 0 saturated carbocycles. The first kappa shape index (κ1) is 13.4. The van der Waals surface area contributed by atoms with Gasteiger partial charge in [0.2, 0.25) is 0 Å². The minimum Gasteiger partial charge on any atom is -0.508 e. The first-order valence-electron chi connectivity index (χ1n) is 5.89. The first-order chi connectivity index (χ1) is 8.08. The summed E-state index contributed by atoms with van der Waals surface area (Å²) < 4.78 is 0. The van der Waals surface area contributed by atoms with Crippen LogP contribution in [0, 0.1) is 5.92 Å². The fourth-order valence-electron chi connectivity index (χ4n) is 1.33. The molecule has 1 rings (SSSR count). The highest BCUT2D eigenvalue weighted by Crippen LogP contribution is 2.09. The fraction of sp³-hybridized carbons (Fsp3) is 0.462. The van der Waals surface area contributed by atoms with Crippen molar-refractivity contribution in [3.8, 4) is 5.75 Å². The van der Waals surface area contributed by atoms with Crippen LogP contribution < -0.4 is 11.1 Å². The smallest absolute Gasteiger partial charge is 0.188 e. The number of nitrogens with one attached hydrogen (secondary N) is 1. The molecule has 0 spiro atoms. The predicted octanol–water partition coefficient (Wildman–Crippen LogP) is 1.49. The molecule has 17 heavy (non-hydrogen) atoms. The van der Waals surface area contributed by atoms with E-state index in [4.69, 9.17) is 10.8 Å². The Morgan fingerprint density at radius 2 is 2.00 bits per heavy atom. The Morgan fingerprint density at radius 1 is 1.35 bits per heavy atom. The molecule has 94 valence electrons. The summed E-state index contributed by atoms with van der Waals surface area (Å²) in [7, 11) is 0. The normalized spacial score (nSPS) is 11.8. The number of hydrogen-bond donors (Lipinski definition) is 3. The molecule has 4 nitrogen and oxygen atoms in total. The number of guanidine groups is 1. The molecular weight excluding hydrogens is 214 g/mol. The summed E-state index contributed by atoms with van der Waals surface area (Å²) in [6, 6.07) is 7.17. The molecule has 0 atom stereocenters. The third kappa shape index (κ3) is 5.80. The van der Waals surface area contributed by atoms with E-state index in [1.807, 2.05) is 12.1 Å². The lowest BCUT2D eigenvalue weighted by Gasteiger charge is -2.06. The van der Waals surface area contributed by atoms with Gasteiger partial charge in [0, 0.05) is 13.1 Å². The van der Waals surface area contributed by atoms with Crippen LogP contribution in [-0.2, 0) is 6.42 Å². The molecule has 0 aromatic heterocycles. The number of nitrogens with zero attached hydrogens (tertiary/aromatic N) is 1. The van der Waals surface area contributed by atoms with Gasteiger partial charge in [-0.15, -0.1) is 0 Å². The third-order valence-corrected chi connectivity index (χ3v) is 2.28. The van der Waals surface area contributed by atoms with E-state index in [9.17, 15) is 0 Å². The van der Waals surface area contributed by atoms with Gasteiger partial charge in [-0.05, 0) is 30.0 Å². The largest absolute Gasteiger partial charge is 0.508 e. The monoisotopic (exact) mass is 235 g/mol. The Morgan fingerprint density at radius 3 is 2.59 bits per heavy atom. The molecule has 0 heterocycles. The van der Waals surface area contributed by atoms with Crippen LogP contribution >= 0.6 is 0 Å². The Balaban J connectivity index is 2.28.